The monoisotopic (exact) mass is 622 g/mol. The molecule has 4 aliphatic rings. The Kier molecular flexibility index (Phi) is 10.1. The van der Waals surface area contributed by atoms with E-state index in [0.29, 0.717) is 32.1 Å². The van der Waals surface area contributed by atoms with Crippen molar-refractivity contribution in [3.63, 3.8) is 0 Å². The van der Waals surface area contributed by atoms with Crippen LogP contribution in [-0.4, -0.2) is 46.0 Å². The predicted molar refractivity (Wildman–Crippen MR) is 164 cm³/mol. The molecule has 6 nitrogen and oxygen atoms in total. The number of Topliss-reactive ketones (excluding diaryl/α,β-unsaturated/α-hetero) is 1. The molecule has 0 spiro atoms. The second-order valence-corrected chi connectivity index (χ2v) is 14.7. The lowest BCUT2D eigenvalue weighted by Crippen LogP contribution is -2.68. The third kappa shape index (κ3) is 5.31. The maximum absolute atomic E-state index is 14.3. The van der Waals surface area contributed by atoms with E-state index < -0.39 is 45.2 Å². The van der Waals surface area contributed by atoms with Crippen LogP contribution in [0.4, 0.5) is 0 Å². The highest BCUT2D eigenvalue weighted by molar-refractivity contribution is 6.34. The highest BCUT2D eigenvalue weighted by atomic mass is 35.5. The minimum Gasteiger partial charge on any atom is -0.457 e. The second-order valence-electron chi connectivity index (χ2n) is 13.6. The van der Waals surface area contributed by atoms with E-state index in [1.165, 1.54) is 0 Å². The quantitative estimate of drug-likeness (QED) is 0.126. The van der Waals surface area contributed by atoms with Crippen LogP contribution in [0.15, 0.2) is 23.8 Å². The molecule has 0 heterocycles. The van der Waals surface area contributed by atoms with Crippen LogP contribution in [-0.2, 0) is 28.7 Å². The molecule has 0 radical (unpaired) electrons. The average Bonchev–Trinajstić information content (AvgIpc) is 3.15. The SMILES string of the molecule is CCCCCC(=O)OCC(=O)[C@@]1(OC(=O)CCCCC)[C@H](C)C[C@H]2[C@@H]3CCC4=CC(=O)C=C[C@]4(C)[C@@]3(Cl)[C@@H](Cl)C[C@@]21C. The Balaban J connectivity index is 1.70. The number of rotatable bonds is 12. The van der Waals surface area contributed by atoms with Crippen LogP contribution in [0.25, 0.3) is 0 Å². The van der Waals surface area contributed by atoms with E-state index in [0.717, 1.165) is 37.7 Å². The van der Waals surface area contributed by atoms with Crippen LogP contribution >= 0.6 is 23.2 Å². The van der Waals surface area contributed by atoms with Gasteiger partial charge >= 0.3 is 11.9 Å². The van der Waals surface area contributed by atoms with E-state index in [9.17, 15) is 19.2 Å². The molecule has 42 heavy (non-hydrogen) atoms. The van der Waals surface area contributed by atoms with Crippen LogP contribution in [0.3, 0.4) is 0 Å². The third-order valence-corrected chi connectivity index (χ3v) is 12.7. The minimum atomic E-state index is -1.48. The zero-order chi connectivity index (χ0) is 30.9. The van der Waals surface area contributed by atoms with E-state index >= 15 is 0 Å². The van der Waals surface area contributed by atoms with E-state index in [-0.39, 0.29) is 42.2 Å². The number of alkyl halides is 2. The van der Waals surface area contributed by atoms with Gasteiger partial charge in [0.1, 0.15) is 0 Å². The molecule has 0 bridgehead atoms. The molecule has 0 saturated heterocycles. The predicted octanol–water partition coefficient (Wildman–Crippen LogP) is 7.67. The topological polar surface area (TPSA) is 86.7 Å². The van der Waals surface area contributed by atoms with Crippen LogP contribution in [0.1, 0.15) is 112 Å². The molecule has 3 saturated carbocycles. The Labute approximate surface area is 261 Å². The van der Waals surface area contributed by atoms with Gasteiger partial charge in [0.2, 0.25) is 5.78 Å². The van der Waals surface area contributed by atoms with E-state index in [1.807, 2.05) is 19.9 Å². The normalized spacial score (nSPS) is 38.6. The van der Waals surface area contributed by atoms with Crippen molar-refractivity contribution in [3.8, 4) is 0 Å². The van der Waals surface area contributed by atoms with Gasteiger partial charge in [0.05, 0.1) is 10.3 Å². The smallest absolute Gasteiger partial charge is 0.306 e. The van der Waals surface area contributed by atoms with Crippen molar-refractivity contribution in [3.05, 3.63) is 23.8 Å². The zero-order valence-corrected chi connectivity index (χ0v) is 27.5. The van der Waals surface area contributed by atoms with Gasteiger partial charge in [0.25, 0.3) is 0 Å². The number of carbonyl (C=O) groups is 4. The van der Waals surface area contributed by atoms with E-state index in [1.54, 1.807) is 12.2 Å². The summed E-state index contributed by atoms with van der Waals surface area (Å²) in [5.74, 6) is -1.67. The first-order chi connectivity index (χ1) is 19.8. The van der Waals surface area contributed by atoms with Crippen molar-refractivity contribution in [2.24, 2.45) is 28.6 Å². The summed E-state index contributed by atoms with van der Waals surface area (Å²) in [5, 5.41) is -0.565. The zero-order valence-electron chi connectivity index (χ0n) is 25.9. The minimum absolute atomic E-state index is 0.0358. The second kappa shape index (κ2) is 12.8. The van der Waals surface area contributed by atoms with Gasteiger partial charge in [0.15, 0.2) is 18.0 Å². The Morgan fingerprint density at radius 1 is 1.00 bits per heavy atom. The van der Waals surface area contributed by atoms with Crippen LogP contribution in [0, 0.1) is 28.6 Å². The Morgan fingerprint density at radius 2 is 1.64 bits per heavy atom. The number of halogens is 2. The van der Waals surface area contributed by atoms with Crippen molar-refractivity contribution >= 4 is 46.7 Å². The molecule has 0 aromatic carbocycles. The van der Waals surface area contributed by atoms with Crippen molar-refractivity contribution in [2.75, 3.05) is 6.61 Å². The lowest BCUT2D eigenvalue weighted by Gasteiger charge is -2.64. The number of fused-ring (bicyclic) bond motifs is 5. The first-order valence-corrected chi connectivity index (χ1v) is 16.8. The van der Waals surface area contributed by atoms with Gasteiger partial charge in [-0.25, -0.2) is 0 Å². The maximum Gasteiger partial charge on any atom is 0.306 e. The van der Waals surface area contributed by atoms with Crippen molar-refractivity contribution in [1.82, 2.24) is 0 Å². The number of ether oxygens (including phenoxy) is 2. The van der Waals surface area contributed by atoms with E-state index in [4.69, 9.17) is 32.7 Å². The van der Waals surface area contributed by atoms with Gasteiger partial charge in [-0.15, -0.1) is 23.2 Å². The van der Waals surface area contributed by atoms with Gasteiger partial charge in [-0.05, 0) is 62.5 Å². The molecule has 3 fully saturated rings. The first kappa shape index (κ1) is 33.2. The molecular formula is C34H48Cl2O6. The molecule has 8 heteroatoms. The number of esters is 2. The number of hydrogen-bond donors (Lipinski definition) is 0. The van der Waals surface area contributed by atoms with Crippen LogP contribution in [0.5, 0.6) is 0 Å². The highest BCUT2D eigenvalue weighted by Crippen LogP contribution is 2.73. The molecule has 0 amide bonds. The van der Waals surface area contributed by atoms with E-state index in [2.05, 4.69) is 20.8 Å². The molecule has 0 aromatic rings. The van der Waals surface area contributed by atoms with Crippen LogP contribution < -0.4 is 0 Å². The fraction of sp³-hybridized carbons (Fsp3) is 0.765. The third-order valence-electron chi connectivity index (χ3n) is 11.2. The Hall–Kier alpha value is -1.66. The number of ketones is 2. The molecule has 0 aliphatic heterocycles. The summed E-state index contributed by atoms with van der Waals surface area (Å²) >= 11 is 15.0. The average molecular weight is 624 g/mol. The Morgan fingerprint density at radius 3 is 2.29 bits per heavy atom. The molecule has 4 rings (SSSR count). The number of unbranched alkanes of at least 4 members (excludes halogenated alkanes) is 4. The molecule has 0 aromatic heterocycles. The summed E-state index contributed by atoms with van der Waals surface area (Å²) in [6.07, 6.45) is 13.3. The summed E-state index contributed by atoms with van der Waals surface area (Å²) < 4.78 is 11.9. The maximum atomic E-state index is 14.3. The highest BCUT2D eigenvalue weighted by Gasteiger charge is 2.76. The summed E-state index contributed by atoms with van der Waals surface area (Å²) in [5.41, 5.74) is -1.89. The molecular weight excluding hydrogens is 575 g/mol. The first-order valence-electron chi connectivity index (χ1n) is 16.0. The van der Waals surface area contributed by atoms with Crippen LogP contribution in [0.2, 0.25) is 0 Å². The standard InChI is InChI=1S/C34H48Cl2O6/c1-6-8-10-12-29(39)41-21-28(38)34(42-30(40)13-11-9-7-2)22(3)18-26-25-15-14-23-19-24(37)16-17-31(23,4)33(25,36)27(35)20-32(26,34)5/h16-17,19,22,25-27H,6-15,18,20-21H2,1-5H3/t22-,25+,26+,27+,31+,32+,33+,34+/m1/s1. The van der Waals surface area contributed by atoms with Gasteiger partial charge in [0, 0.05) is 29.6 Å². The van der Waals surface area contributed by atoms with Crippen molar-refractivity contribution < 1.29 is 28.7 Å². The number of allylic oxidation sites excluding steroid dienone is 4. The molecule has 0 unspecified atom stereocenters. The number of carbonyl (C=O) groups excluding carboxylic acids is 4. The van der Waals surface area contributed by atoms with Gasteiger partial charge in [-0.3, -0.25) is 19.2 Å². The van der Waals surface area contributed by atoms with Crippen molar-refractivity contribution in [1.29, 1.82) is 0 Å². The fourth-order valence-corrected chi connectivity index (χ4v) is 10.2. The van der Waals surface area contributed by atoms with Crippen molar-refractivity contribution in [2.45, 2.75) is 128 Å². The molecule has 8 atom stereocenters. The van der Waals surface area contributed by atoms with Gasteiger partial charge < -0.3 is 9.47 Å². The number of hydrogen-bond acceptors (Lipinski definition) is 6. The van der Waals surface area contributed by atoms with Gasteiger partial charge in [-0.1, -0.05) is 72.0 Å². The van der Waals surface area contributed by atoms with Gasteiger partial charge in [-0.2, -0.15) is 0 Å². The largest absolute Gasteiger partial charge is 0.457 e. The molecule has 0 N–H and O–H groups in total. The molecule has 234 valence electrons. The summed E-state index contributed by atoms with van der Waals surface area (Å²) in [7, 11) is 0. The summed E-state index contributed by atoms with van der Waals surface area (Å²) in [4.78, 5) is 51.6. The Bertz CT molecular complexity index is 1150. The lowest BCUT2D eigenvalue weighted by atomic mass is 9.46. The molecule has 4 aliphatic carbocycles. The lowest BCUT2D eigenvalue weighted by molar-refractivity contribution is -0.196. The summed E-state index contributed by atoms with van der Waals surface area (Å²) in [6, 6.07) is 0. The fourth-order valence-electron chi connectivity index (χ4n) is 8.93. The summed E-state index contributed by atoms with van der Waals surface area (Å²) in [6.45, 7) is 9.77.